The number of benzene rings is 2. The Kier molecular flexibility index (Phi) is 9.21. The van der Waals surface area contributed by atoms with Crippen molar-refractivity contribution >= 4 is 35.6 Å². The first-order valence-electron chi connectivity index (χ1n) is 9.71. The van der Waals surface area contributed by atoms with Crippen LogP contribution >= 0.6 is 24.0 Å². The number of guanidine groups is 1. The number of aliphatic imine (C=N–C) groups is 1. The molecule has 1 fully saturated rings. The summed E-state index contributed by atoms with van der Waals surface area (Å²) in [5.41, 5.74) is 10.7. The quantitative estimate of drug-likeness (QED) is 0.379. The topological polar surface area (TPSA) is 56.9 Å². The lowest BCUT2D eigenvalue weighted by Crippen LogP contribution is -2.28. The van der Waals surface area contributed by atoms with Crippen LogP contribution < -0.4 is 11.1 Å². The SMILES string of the molecule is Cc1cccc(NC(N)=NCc2ccc(CN3CCCN(C)CC3)cc2)c1.I. The Balaban J connectivity index is 0.00000280. The van der Waals surface area contributed by atoms with Crippen molar-refractivity contribution in [2.24, 2.45) is 10.7 Å². The Morgan fingerprint density at radius 2 is 1.79 bits per heavy atom. The number of rotatable bonds is 5. The molecular formula is C22H32IN5. The van der Waals surface area contributed by atoms with E-state index in [-0.39, 0.29) is 24.0 Å². The molecule has 3 N–H and O–H groups in total. The van der Waals surface area contributed by atoms with Crippen LogP contribution in [0.15, 0.2) is 53.5 Å². The molecule has 0 unspecified atom stereocenters. The van der Waals surface area contributed by atoms with Crippen LogP contribution in [0.4, 0.5) is 5.69 Å². The van der Waals surface area contributed by atoms with Gasteiger partial charge < -0.3 is 16.0 Å². The first-order valence-corrected chi connectivity index (χ1v) is 9.71. The molecule has 0 saturated carbocycles. The minimum absolute atomic E-state index is 0. The predicted molar refractivity (Wildman–Crippen MR) is 129 cm³/mol. The molecule has 1 aliphatic heterocycles. The maximum Gasteiger partial charge on any atom is 0.193 e. The molecule has 6 heteroatoms. The van der Waals surface area contributed by atoms with Crippen molar-refractivity contribution < 1.29 is 0 Å². The van der Waals surface area contributed by atoms with E-state index in [2.05, 4.69) is 70.5 Å². The van der Waals surface area contributed by atoms with E-state index >= 15 is 0 Å². The second-order valence-corrected chi connectivity index (χ2v) is 7.45. The molecule has 0 bridgehead atoms. The zero-order valence-corrected chi connectivity index (χ0v) is 19.2. The molecule has 1 aliphatic rings. The number of hydrogen-bond donors (Lipinski definition) is 2. The Bertz CT molecular complexity index is 760. The van der Waals surface area contributed by atoms with Crippen molar-refractivity contribution in [3.63, 3.8) is 0 Å². The third-order valence-electron chi connectivity index (χ3n) is 4.96. The monoisotopic (exact) mass is 493 g/mol. The minimum Gasteiger partial charge on any atom is -0.370 e. The second kappa shape index (κ2) is 11.4. The number of nitrogens with one attached hydrogen (secondary N) is 1. The van der Waals surface area contributed by atoms with Crippen LogP contribution in [0.1, 0.15) is 23.1 Å². The Hall–Kier alpha value is -1.64. The van der Waals surface area contributed by atoms with Crippen molar-refractivity contribution in [1.29, 1.82) is 0 Å². The highest BCUT2D eigenvalue weighted by Crippen LogP contribution is 2.12. The highest BCUT2D eigenvalue weighted by molar-refractivity contribution is 14.0. The van der Waals surface area contributed by atoms with Crippen LogP contribution in [-0.2, 0) is 13.1 Å². The third kappa shape index (κ3) is 7.41. The Morgan fingerprint density at radius 3 is 2.54 bits per heavy atom. The van der Waals surface area contributed by atoms with Gasteiger partial charge in [0.2, 0.25) is 0 Å². The predicted octanol–water partition coefficient (Wildman–Crippen LogP) is 3.68. The van der Waals surface area contributed by atoms with E-state index in [1.54, 1.807) is 0 Å². The van der Waals surface area contributed by atoms with Crippen LogP contribution in [0.25, 0.3) is 0 Å². The average molecular weight is 493 g/mol. The number of hydrogen-bond acceptors (Lipinski definition) is 3. The zero-order valence-electron chi connectivity index (χ0n) is 16.9. The summed E-state index contributed by atoms with van der Waals surface area (Å²) in [7, 11) is 2.21. The van der Waals surface area contributed by atoms with E-state index in [4.69, 9.17) is 5.73 Å². The van der Waals surface area contributed by atoms with Gasteiger partial charge in [-0.15, -0.1) is 24.0 Å². The smallest absolute Gasteiger partial charge is 0.193 e. The van der Waals surface area contributed by atoms with Crippen molar-refractivity contribution in [1.82, 2.24) is 9.80 Å². The molecule has 0 amide bonds. The van der Waals surface area contributed by atoms with Crippen molar-refractivity contribution in [2.45, 2.75) is 26.4 Å². The van der Waals surface area contributed by atoms with Crippen LogP contribution in [0.2, 0.25) is 0 Å². The molecule has 152 valence electrons. The molecule has 0 atom stereocenters. The largest absolute Gasteiger partial charge is 0.370 e. The maximum absolute atomic E-state index is 6.01. The maximum atomic E-state index is 6.01. The average Bonchev–Trinajstić information content (AvgIpc) is 2.85. The first kappa shape index (κ1) is 22.6. The lowest BCUT2D eigenvalue weighted by Gasteiger charge is -2.20. The first-order chi connectivity index (χ1) is 13.1. The lowest BCUT2D eigenvalue weighted by molar-refractivity contribution is 0.269. The van der Waals surface area contributed by atoms with Gasteiger partial charge in [0, 0.05) is 25.3 Å². The standard InChI is InChI=1S/C22H31N5.HI/c1-18-5-3-6-21(15-18)25-22(23)24-16-19-7-9-20(10-8-19)17-27-12-4-11-26(2)13-14-27;/h3,5-10,15H,4,11-14,16-17H2,1-2H3,(H3,23,24,25);1H. The molecule has 5 nitrogen and oxygen atoms in total. The van der Waals surface area contributed by atoms with Crippen LogP contribution in [0.3, 0.4) is 0 Å². The van der Waals surface area contributed by atoms with Gasteiger partial charge in [-0.05, 0) is 62.3 Å². The second-order valence-electron chi connectivity index (χ2n) is 7.45. The highest BCUT2D eigenvalue weighted by atomic mass is 127. The fourth-order valence-corrected chi connectivity index (χ4v) is 3.35. The van der Waals surface area contributed by atoms with E-state index in [0.29, 0.717) is 12.5 Å². The Labute approximate surface area is 186 Å². The summed E-state index contributed by atoms with van der Waals surface area (Å²) in [5, 5.41) is 3.15. The van der Waals surface area contributed by atoms with Crippen LogP contribution in [0, 0.1) is 6.92 Å². The Morgan fingerprint density at radius 1 is 1.04 bits per heavy atom. The van der Waals surface area contributed by atoms with Crippen LogP contribution in [0.5, 0.6) is 0 Å². The molecular weight excluding hydrogens is 461 g/mol. The molecule has 0 aromatic heterocycles. The van der Waals surface area contributed by atoms with Gasteiger partial charge in [0.25, 0.3) is 0 Å². The molecule has 1 saturated heterocycles. The summed E-state index contributed by atoms with van der Waals surface area (Å²) in [6.45, 7) is 8.34. The molecule has 0 spiro atoms. The molecule has 2 aromatic carbocycles. The van der Waals surface area contributed by atoms with Gasteiger partial charge in [-0.2, -0.15) is 0 Å². The highest BCUT2D eigenvalue weighted by Gasteiger charge is 2.12. The summed E-state index contributed by atoms with van der Waals surface area (Å²) in [5.74, 6) is 0.443. The normalized spacial score (nSPS) is 16.3. The van der Waals surface area contributed by atoms with E-state index < -0.39 is 0 Å². The van der Waals surface area contributed by atoms with Gasteiger partial charge in [0.1, 0.15) is 0 Å². The van der Waals surface area contributed by atoms with E-state index in [0.717, 1.165) is 25.3 Å². The summed E-state index contributed by atoms with van der Waals surface area (Å²) in [6, 6.07) is 16.8. The summed E-state index contributed by atoms with van der Waals surface area (Å²) in [6.07, 6.45) is 1.25. The summed E-state index contributed by atoms with van der Waals surface area (Å²) in [4.78, 5) is 9.41. The lowest BCUT2D eigenvalue weighted by atomic mass is 10.1. The number of nitrogens with zero attached hydrogens (tertiary/aromatic N) is 3. The van der Waals surface area contributed by atoms with Gasteiger partial charge in [-0.3, -0.25) is 4.90 Å². The fraction of sp³-hybridized carbons (Fsp3) is 0.409. The van der Waals surface area contributed by atoms with E-state index in [1.165, 1.54) is 36.2 Å². The molecule has 0 radical (unpaired) electrons. The van der Waals surface area contributed by atoms with Gasteiger partial charge in [0.05, 0.1) is 6.54 Å². The third-order valence-corrected chi connectivity index (χ3v) is 4.96. The number of nitrogens with two attached hydrogens (primary N) is 1. The van der Waals surface area contributed by atoms with E-state index in [1.807, 2.05) is 12.1 Å². The van der Waals surface area contributed by atoms with Crippen LogP contribution in [-0.4, -0.2) is 49.0 Å². The van der Waals surface area contributed by atoms with E-state index in [9.17, 15) is 0 Å². The molecule has 0 aliphatic carbocycles. The van der Waals surface area contributed by atoms with Gasteiger partial charge in [0.15, 0.2) is 5.96 Å². The summed E-state index contributed by atoms with van der Waals surface area (Å²) < 4.78 is 0. The van der Waals surface area contributed by atoms with Crippen molar-refractivity contribution in [3.05, 3.63) is 65.2 Å². The number of halogens is 1. The molecule has 3 rings (SSSR count). The van der Waals surface area contributed by atoms with Gasteiger partial charge >= 0.3 is 0 Å². The molecule has 28 heavy (non-hydrogen) atoms. The van der Waals surface area contributed by atoms with Gasteiger partial charge in [-0.1, -0.05) is 36.4 Å². The number of likely N-dealkylation sites (N-methyl/N-ethyl adjacent to an activating group) is 1. The summed E-state index contributed by atoms with van der Waals surface area (Å²) >= 11 is 0. The van der Waals surface area contributed by atoms with Crippen molar-refractivity contribution in [2.75, 3.05) is 38.5 Å². The minimum atomic E-state index is 0. The molecule has 2 aromatic rings. The molecule has 1 heterocycles. The van der Waals surface area contributed by atoms with Gasteiger partial charge in [-0.25, -0.2) is 4.99 Å². The number of aryl methyl sites for hydroxylation is 1. The zero-order chi connectivity index (χ0) is 19.1. The number of anilines is 1. The van der Waals surface area contributed by atoms with Crippen molar-refractivity contribution in [3.8, 4) is 0 Å². The fourth-order valence-electron chi connectivity index (χ4n) is 3.35.